The Bertz CT molecular complexity index is 375. The fourth-order valence-corrected chi connectivity index (χ4v) is 2.72. The summed E-state index contributed by atoms with van der Waals surface area (Å²) in [6, 6.07) is 4.41. The summed E-state index contributed by atoms with van der Waals surface area (Å²) >= 11 is 0. The maximum Gasteiger partial charge on any atom is 0.128 e. The van der Waals surface area contributed by atoms with Gasteiger partial charge in [0, 0.05) is 19.3 Å². The lowest BCUT2D eigenvalue weighted by atomic mass is 9.98. The molecule has 2 aliphatic rings. The molecule has 2 heterocycles. The van der Waals surface area contributed by atoms with Crippen molar-refractivity contribution < 1.29 is 0 Å². The molecule has 3 rings (SSSR count). The van der Waals surface area contributed by atoms with Gasteiger partial charge >= 0.3 is 0 Å². The van der Waals surface area contributed by atoms with Gasteiger partial charge in [-0.2, -0.15) is 0 Å². The zero-order chi connectivity index (χ0) is 11.7. The van der Waals surface area contributed by atoms with Crippen LogP contribution in [-0.4, -0.2) is 24.6 Å². The number of rotatable bonds is 4. The summed E-state index contributed by atoms with van der Waals surface area (Å²) in [6.45, 7) is 3.15. The van der Waals surface area contributed by atoms with Crippen molar-refractivity contribution in [1.82, 2.24) is 4.98 Å². The monoisotopic (exact) mass is 231 g/mol. The van der Waals surface area contributed by atoms with E-state index in [0.29, 0.717) is 5.41 Å². The molecule has 0 aromatic carbocycles. The minimum atomic E-state index is 0.414. The molecule has 1 aromatic heterocycles. The van der Waals surface area contributed by atoms with Gasteiger partial charge in [-0.25, -0.2) is 4.98 Å². The molecule has 1 saturated carbocycles. The van der Waals surface area contributed by atoms with Crippen LogP contribution in [0.25, 0.3) is 0 Å². The number of hydrogen-bond acceptors (Lipinski definition) is 3. The third kappa shape index (κ3) is 2.29. The summed E-state index contributed by atoms with van der Waals surface area (Å²) in [5.41, 5.74) is 7.57. The van der Waals surface area contributed by atoms with E-state index in [9.17, 15) is 0 Å². The Kier molecular flexibility index (Phi) is 2.79. The molecule has 1 aliphatic heterocycles. The Hall–Kier alpha value is -1.09. The quantitative estimate of drug-likeness (QED) is 0.861. The average Bonchev–Trinajstić information content (AvgIpc) is 2.92. The van der Waals surface area contributed by atoms with Crippen LogP contribution in [0.1, 0.15) is 31.2 Å². The fourth-order valence-electron chi connectivity index (χ4n) is 2.72. The van der Waals surface area contributed by atoms with Crippen LogP contribution in [0.2, 0.25) is 0 Å². The van der Waals surface area contributed by atoms with E-state index < -0.39 is 0 Å². The van der Waals surface area contributed by atoms with Crippen molar-refractivity contribution in [3.05, 3.63) is 23.9 Å². The molecule has 1 aromatic rings. The van der Waals surface area contributed by atoms with Gasteiger partial charge in [-0.1, -0.05) is 6.07 Å². The summed E-state index contributed by atoms with van der Waals surface area (Å²) in [5, 5.41) is 0. The molecular weight excluding hydrogens is 210 g/mol. The predicted octanol–water partition coefficient (Wildman–Crippen LogP) is 1.96. The molecule has 0 spiro atoms. The lowest BCUT2D eigenvalue weighted by Gasteiger charge is -2.17. The zero-order valence-electron chi connectivity index (χ0n) is 10.4. The molecule has 92 valence electrons. The van der Waals surface area contributed by atoms with Crippen LogP contribution in [0, 0.1) is 5.41 Å². The van der Waals surface area contributed by atoms with Gasteiger partial charge in [0.2, 0.25) is 0 Å². The van der Waals surface area contributed by atoms with E-state index in [1.165, 1.54) is 44.3 Å². The molecule has 1 aliphatic carbocycles. The number of anilines is 1. The third-order valence-electron chi connectivity index (χ3n) is 4.21. The molecular formula is C14H21N3. The molecule has 3 nitrogen and oxygen atoms in total. The van der Waals surface area contributed by atoms with E-state index in [4.69, 9.17) is 5.73 Å². The van der Waals surface area contributed by atoms with Crippen LogP contribution in [0.4, 0.5) is 5.82 Å². The van der Waals surface area contributed by atoms with Crippen molar-refractivity contribution in [2.45, 2.75) is 32.1 Å². The zero-order valence-corrected chi connectivity index (χ0v) is 10.4. The Balaban J connectivity index is 1.67. The molecule has 1 saturated heterocycles. The van der Waals surface area contributed by atoms with Crippen molar-refractivity contribution in [3.63, 3.8) is 0 Å². The number of pyridine rings is 1. The molecule has 0 radical (unpaired) electrons. The van der Waals surface area contributed by atoms with E-state index >= 15 is 0 Å². The van der Waals surface area contributed by atoms with Gasteiger partial charge in [0.1, 0.15) is 5.82 Å². The van der Waals surface area contributed by atoms with Crippen LogP contribution in [-0.2, 0) is 6.42 Å². The highest BCUT2D eigenvalue weighted by molar-refractivity contribution is 5.40. The van der Waals surface area contributed by atoms with Crippen LogP contribution in [0.15, 0.2) is 18.3 Å². The highest BCUT2D eigenvalue weighted by Gasteiger charge is 2.40. The third-order valence-corrected chi connectivity index (χ3v) is 4.21. The van der Waals surface area contributed by atoms with E-state index in [1.807, 2.05) is 6.20 Å². The predicted molar refractivity (Wildman–Crippen MR) is 70.1 cm³/mol. The SMILES string of the molecule is NCC1(Cc2ccc(N3CCCC3)nc2)CC1. The molecule has 0 bridgehead atoms. The highest BCUT2D eigenvalue weighted by atomic mass is 15.2. The molecule has 3 heteroatoms. The number of nitrogens with zero attached hydrogens (tertiary/aromatic N) is 2. The maximum absolute atomic E-state index is 5.82. The summed E-state index contributed by atoms with van der Waals surface area (Å²) in [7, 11) is 0. The van der Waals surface area contributed by atoms with E-state index in [-0.39, 0.29) is 0 Å². The summed E-state index contributed by atoms with van der Waals surface area (Å²) in [6.07, 6.45) is 8.34. The summed E-state index contributed by atoms with van der Waals surface area (Å²) < 4.78 is 0. The van der Waals surface area contributed by atoms with Crippen molar-refractivity contribution in [2.75, 3.05) is 24.5 Å². The maximum atomic E-state index is 5.82. The van der Waals surface area contributed by atoms with Gasteiger partial charge in [0.05, 0.1) is 0 Å². The number of aromatic nitrogens is 1. The first-order valence-electron chi connectivity index (χ1n) is 6.71. The standard InChI is InChI=1S/C14H21N3/c15-11-14(5-6-14)9-12-3-4-13(16-10-12)17-7-1-2-8-17/h3-4,10H,1-2,5-9,11,15H2. The van der Waals surface area contributed by atoms with Crippen molar-refractivity contribution in [3.8, 4) is 0 Å². The second-order valence-corrected chi connectivity index (χ2v) is 5.60. The Labute approximate surface area is 103 Å². The molecule has 0 atom stereocenters. The van der Waals surface area contributed by atoms with E-state index in [0.717, 1.165) is 18.8 Å². The fraction of sp³-hybridized carbons (Fsp3) is 0.643. The highest BCUT2D eigenvalue weighted by Crippen LogP contribution is 2.47. The molecule has 0 unspecified atom stereocenters. The normalized spacial score (nSPS) is 21.8. The van der Waals surface area contributed by atoms with Crippen LogP contribution in [0.3, 0.4) is 0 Å². The Morgan fingerprint density at radius 3 is 2.53 bits per heavy atom. The van der Waals surface area contributed by atoms with Gasteiger partial charge < -0.3 is 10.6 Å². The summed E-state index contributed by atoms with van der Waals surface area (Å²) in [5.74, 6) is 1.14. The second kappa shape index (κ2) is 4.30. The topological polar surface area (TPSA) is 42.1 Å². The number of nitrogens with two attached hydrogens (primary N) is 1. The van der Waals surface area contributed by atoms with E-state index in [2.05, 4.69) is 22.0 Å². The molecule has 0 amide bonds. The molecule has 2 fully saturated rings. The van der Waals surface area contributed by atoms with Gasteiger partial charge in [0.25, 0.3) is 0 Å². The van der Waals surface area contributed by atoms with Crippen molar-refractivity contribution in [1.29, 1.82) is 0 Å². The lowest BCUT2D eigenvalue weighted by molar-refractivity contribution is 0.520. The van der Waals surface area contributed by atoms with Gasteiger partial charge in [0.15, 0.2) is 0 Å². The first kappa shape index (κ1) is 11.0. The first-order chi connectivity index (χ1) is 8.31. The second-order valence-electron chi connectivity index (χ2n) is 5.60. The van der Waals surface area contributed by atoms with Crippen molar-refractivity contribution in [2.24, 2.45) is 11.1 Å². The molecule has 2 N–H and O–H groups in total. The average molecular weight is 231 g/mol. The van der Waals surface area contributed by atoms with Gasteiger partial charge in [-0.3, -0.25) is 0 Å². The Morgan fingerprint density at radius 1 is 1.24 bits per heavy atom. The van der Waals surface area contributed by atoms with Gasteiger partial charge in [-0.15, -0.1) is 0 Å². The van der Waals surface area contributed by atoms with E-state index in [1.54, 1.807) is 0 Å². The summed E-state index contributed by atoms with van der Waals surface area (Å²) in [4.78, 5) is 6.97. The smallest absolute Gasteiger partial charge is 0.128 e. The Morgan fingerprint density at radius 2 is 2.00 bits per heavy atom. The van der Waals surface area contributed by atoms with Crippen molar-refractivity contribution >= 4 is 5.82 Å². The van der Waals surface area contributed by atoms with Crippen LogP contribution >= 0.6 is 0 Å². The van der Waals surface area contributed by atoms with Crippen LogP contribution < -0.4 is 10.6 Å². The largest absolute Gasteiger partial charge is 0.357 e. The van der Waals surface area contributed by atoms with Gasteiger partial charge in [-0.05, 0) is 55.7 Å². The minimum Gasteiger partial charge on any atom is -0.357 e. The van der Waals surface area contributed by atoms with Crippen LogP contribution in [0.5, 0.6) is 0 Å². The number of hydrogen-bond donors (Lipinski definition) is 1. The lowest BCUT2D eigenvalue weighted by Crippen LogP contribution is -2.20. The first-order valence-corrected chi connectivity index (χ1v) is 6.71. The minimum absolute atomic E-state index is 0.414. The molecule has 17 heavy (non-hydrogen) atoms.